The molecule has 1 unspecified atom stereocenters. The maximum absolute atomic E-state index is 10.3. The SMILES string of the molecule is [O]CC(O)CNCC1=COc2ccccc2O1. The monoisotopic (exact) mass is 236 g/mol. The number of aliphatic hydroxyl groups excluding tert-OH is 1. The van der Waals surface area contributed by atoms with Crippen molar-refractivity contribution in [2.75, 3.05) is 19.7 Å². The van der Waals surface area contributed by atoms with Crippen molar-refractivity contribution in [1.82, 2.24) is 5.32 Å². The summed E-state index contributed by atoms with van der Waals surface area (Å²) in [7, 11) is 0. The van der Waals surface area contributed by atoms with Gasteiger partial charge >= 0.3 is 0 Å². The molecule has 1 heterocycles. The van der Waals surface area contributed by atoms with E-state index in [4.69, 9.17) is 14.6 Å². The maximum Gasteiger partial charge on any atom is 0.169 e. The van der Waals surface area contributed by atoms with Crippen LogP contribution in [0.2, 0.25) is 0 Å². The fourth-order valence-corrected chi connectivity index (χ4v) is 1.43. The van der Waals surface area contributed by atoms with E-state index >= 15 is 0 Å². The topological polar surface area (TPSA) is 70.6 Å². The van der Waals surface area contributed by atoms with E-state index in [1.807, 2.05) is 24.3 Å². The summed E-state index contributed by atoms with van der Waals surface area (Å²) in [5.41, 5.74) is 0. The van der Waals surface area contributed by atoms with Crippen molar-refractivity contribution in [2.24, 2.45) is 0 Å². The van der Waals surface area contributed by atoms with Crippen LogP contribution in [0.25, 0.3) is 0 Å². The van der Waals surface area contributed by atoms with Gasteiger partial charge in [0.15, 0.2) is 17.3 Å². The van der Waals surface area contributed by atoms with Gasteiger partial charge in [0.05, 0.1) is 12.6 Å². The molecule has 1 atom stereocenters. The van der Waals surface area contributed by atoms with Gasteiger partial charge in [-0.15, -0.1) is 0 Å². The molecule has 0 spiro atoms. The summed E-state index contributed by atoms with van der Waals surface area (Å²) in [4.78, 5) is 0. The molecule has 1 radical (unpaired) electrons. The smallest absolute Gasteiger partial charge is 0.169 e. The third-order valence-corrected chi connectivity index (χ3v) is 2.28. The molecule has 0 fully saturated rings. The van der Waals surface area contributed by atoms with Gasteiger partial charge < -0.3 is 19.9 Å². The van der Waals surface area contributed by atoms with E-state index < -0.39 is 12.7 Å². The van der Waals surface area contributed by atoms with E-state index in [9.17, 15) is 5.11 Å². The van der Waals surface area contributed by atoms with E-state index in [1.54, 1.807) is 0 Å². The van der Waals surface area contributed by atoms with Crippen LogP contribution < -0.4 is 14.8 Å². The van der Waals surface area contributed by atoms with Crippen LogP contribution in [0.5, 0.6) is 11.5 Å². The number of aliphatic hydroxyl groups is 1. The third kappa shape index (κ3) is 3.20. The zero-order chi connectivity index (χ0) is 12.1. The van der Waals surface area contributed by atoms with Crippen molar-refractivity contribution in [3.63, 3.8) is 0 Å². The molecule has 1 aliphatic rings. The van der Waals surface area contributed by atoms with E-state index in [0.717, 1.165) is 0 Å². The van der Waals surface area contributed by atoms with Crippen LogP contribution in [-0.4, -0.2) is 30.9 Å². The van der Waals surface area contributed by atoms with Gasteiger partial charge in [-0.3, -0.25) is 0 Å². The first-order chi connectivity index (χ1) is 8.29. The first-order valence-corrected chi connectivity index (χ1v) is 5.39. The predicted molar refractivity (Wildman–Crippen MR) is 60.2 cm³/mol. The minimum atomic E-state index is -0.868. The summed E-state index contributed by atoms with van der Waals surface area (Å²) in [5, 5.41) is 22.3. The summed E-state index contributed by atoms with van der Waals surface area (Å²) >= 11 is 0. The summed E-state index contributed by atoms with van der Waals surface area (Å²) < 4.78 is 10.9. The van der Waals surface area contributed by atoms with Crippen LogP contribution in [0, 0.1) is 0 Å². The fourth-order valence-electron chi connectivity index (χ4n) is 1.43. The lowest BCUT2D eigenvalue weighted by Crippen LogP contribution is -2.31. The van der Waals surface area contributed by atoms with Gasteiger partial charge in [0.2, 0.25) is 0 Å². The van der Waals surface area contributed by atoms with E-state index in [2.05, 4.69) is 5.32 Å². The zero-order valence-corrected chi connectivity index (χ0v) is 9.26. The van der Waals surface area contributed by atoms with Gasteiger partial charge in [-0.05, 0) is 12.1 Å². The lowest BCUT2D eigenvalue weighted by Gasteiger charge is -2.18. The zero-order valence-electron chi connectivity index (χ0n) is 9.26. The van der Waals surface area contributed by atoms with E-state index in [1.165, 1.54) is 6.26 Å². The van der Waals surface area contributed by atoms with Gasteiger partial charge in [-0.25, -0.2) is 5.11 Å². The molecule has 1 aromatic rings. The van der Waals surface area contributed by atoms with Gasteiger partial charge in [-0.1, -0.05) is 12.1 Å². The number of hydrogen-bond acceptors (Lipinski definition) is 4. The van der Waals surface area contributed by atoms with Crippen LogP contribution in [-0.2, 0) is 5.11 Å². The summed E-state index contributed by atoms with van der Waals surface area (Å²) in [5.74, 6) is 1.95. The Hall–Kier alpha value is -1.56. The van der Waals surface area contributed by atoms with Crippen molar-refractivity contribution in [3.8, 4) is 11.5 Å². The molecule has 91 valence electrons. The van der Waals surface area contributed by atoms with Crippen LogP contribution in [0.4, 0.5) is 0 Å². The van der Waals surface area contributed by atoms with Crippen molar-refractivity contribution < 1.29 is 19.7 Å². The van der Waals surface area contributed by atoms with Gasteiger partial charge in [-0.2, -0.15) is 0 Å². The lowest BCUT2D eigenvalue weighted by molar-refractivity contribution is 0.0556. The van der Waals surface area contributed by atoms with Crippen LogP contribution in [0.1, 0.15) is 0 Å². The molecule has 0 bridgehead atoms. The average molecular weight is 236 g/mol. The normalized spacial score (nSPS) is 15.3. The molecular weight excluding hydrogens is 222 g/mol. The number of rotatable bonds is 5. The van der Waals surface area contributed by atoms with Gasteiger partial charge in [0, 0.05) is 6.54 Å². The van der Waals surface area contributed by atoms with Gasteiger partial charge in [0.25, 0.3) is 0 Å². The Labute approximate surface area is 99.3 Å². The quantitative estimate of drug-likeness (QED) is 0.788. The first kappa shape index (κ1) is 11.9. The minimum Gasteiger partial charge on any atom is -0.457 e. The highest BCUT2D eigenvalue weighted by Gasteiger charge is 2.13. The molecule has 17 heavy (non-hydrogen) atoms. The minimum absolute atomic E-state index is 0.242. The molecule has 2 N–H and O–H groups in total. The Morgan fingerprint density at radius 1 is 1.29 bits per heavy atom. The lowest BCUT2D eigenvalue weighted by atomic mass is 10.3. The molecule has 0 aliphatic carbocycles. The highest BCUT2D eigenvalue weighted by Crippen LogP contribution is 2.31. The Bertz CT molecular complexity index is 405. The maximum atomic E-state index is 10.3. The van der Waals surface area contributed by atoms with Crippen molar-refractivity contribution in [1.29, 1.82) is 0 Å². The molecule has 0 saturated carbocycles. The summed E-state index contributed by atoms with van der Waals surface area (Å²) in [6, 6.07) is 7.36. The fraction of sp³-hybridized carbons (Fsp3) is 0.333. The number of ether oxygens (including phenoxy) is 2. The molecule has 2 rings (SSSR count). The Morgan fingerprint density at radius 3 is 2.82 bits per heavy atom. The van der Waals surface area contributed by atoms with E-state index in [0.29, 0.717) is 23.8 Å². The molecule has 5 heteroatoms. The largest absolute Gasteiger partial charge is 0.457 e. The van der Waals surface area contributed by atoms with Crippen LogP contribution in [0.15, 0.2) is 36.3 Å². The number of nitrogens with one attached hydrogen (secondary N) is 1. The Balaban J connectivity index is 1.83. The average Bonchev–Trinajstić information content (AvgIpc) is 2.38. The third-order valence-electron chi connectivity index (χ3n) is 2.28. The Morgan fingerprint density at radius 2 is 2.06 bits per heavy atom. The summed E-state index contributed by atoms with van der Waals surface area (Å²) in [6.07, 6.45) is 0.645. The first-order valence-electron chi connectivity index (χ1n) is 5.39. The second kappa shape index (κ2) is 5.67. The van der Waals surface area contributed by atoms with Crippen molar-refractivity contribution >= 4 is 0 Å². The van der Waals surface area contributed by atoms with E-state index in [-0.39, 0.29) is 6.54 Å². The second-order valence-corrected chi connectivity index (χ2v) is 3.70. The van der Waals surface area contributed by atoms with Gasteiger partial charge in [0.1, 0.15) is 12.9 Å². The molecule has 0 aromatic heterocycles. The number of para-hydroxylation sites is 2. The van der Waals surface area contributed by atoms with Crippen molar-refractivity contribution in [2.45, 2.75) is 6.10 Å². The Kier molecular flexibility index (Phi) is 3.98. The molecule has 1 aliphatic heterocycles. The highest BCUT2D eigenvalue weighted by atomic mass is 16.6. The molecule has 5 nitrogen and oxygen atoms in total. The molecule has 1 aromatic carbocycles. The standard InChI is InChI=1S/C12H14NO4/c14-7-9(15)5-13-6-10-8-16-11-3-1-2-4-12(11)17-10/h1-4,8-9,13,15H,5-7H2. The number of fused-ring (bicyclic) bond motifs is 1. The molecule has 0 saturated heterocycles. The summed E-state index contributed by atoms with van der Waals surface area (Å²) in [6.45, 7) is 0.142. The van der Waals surface area contributed by atoms with Crippen LogP contribution in [0.3, 0.4) is 0 Å². The second-order valence-electron chi connectivity index (χ2n) is 3.70. The molecule has 0 amide bonds. The molecular formula is C12H14NO4. The highest BCUT2D eigenvalue weighted by molar-refractivity contribution is 5.42. The number of benzene rings is 1. The van der Waals surface area contributed by atoms with Crippen LogP contribution >= 0.6 is 0 Å². The predicted octanol–water partition coefficient (Wildman–Crippen LogP) is 0.680. The number of hydrogen-bond donors (Lipinski definition) is 2. The van der Waals surface area contributed by atoms with Crippen molar-refractivity contribution in [3.05, 3.63) is 36.3 Å².